The fraction of sp³-hybridized carbons (Fsp3) is 0.310. The number of nitrogens with zero attached hydrogens (tertiary/aromatic N) is 1. The van der Waals surface area contributed by atoms with Crippen LogP contribution in [0.2, 0.25) is 0 Å². The fourth-order valence-corrected chi connectivity index (χ4v) is 3.91. The van der Waals surface area contributed by atoms with Crippen LogP contribution in [0.5, 0.6) is 0 Å². The summed E-state index contributed by atoms with van der Waals surface area (Å²) in [7, 11) is 2.86. The number of alkyl carbamates (subject to hydrolysis) is 1. The summed E-state index contributed by atoms with van der Waals surface area (Å²) in [4.78, 5) is 30.9. The van der Waals surface area contributed by atoms with Crippen LogP contribution in [0.25, 0.3) is 0 Å². The Morgan fingerprint density at radius 3 is 1.58 bits per heavy atom. The number of ether oxygens (including phenoxy) is 2. The number of nitrogens with one attached hydrogen (secondary N) is 1. The summed E-state index contributed by atoms with van der Waals surface area (Å²) in [6.07, 6.45) is -0.723. The highest BCUT2D eigenvalue weighted by atomic mass is 16.7. The van der Waals surface area contributed by atoms with Crippen molar-refractivity contribution in [3.05, 3.63) is 108 Å². The molecule has 0 spiro atoms. The molecule has 1 atom stereocenters. The first-order valence-electron chi connectivity index (χ1n) is 11.8. The molecule has 0 radical (unpaired) electrons. The van der Waals surface area contributed by atoms with Crippen LogP contribution < -0.4 is 5.32 Å². The van der Waals surface area contributed by atoms with Crippen molar-refractivity contribution in [3.63, 3.8) is 0 Å². The van der Waals surface area contributed by atoms with Crippen molar-refractivity contribution in [2.45, 2.75) is 38.0 Å². The maximum Gasteiger partial charge on any atom is 0.408 e. The lowest BCUT2D eigenvalue weighted by atomic mass is 9.80. The molecular formula is C29H34N2O5. The molecule has 0 aliphatic heterocycles. The summed E-state index contributed by atoms with van der Waals surface area (Å²) in [6.45, 7) is 5.12. The first-order valence-corrected chi connectivity index (χ1v) is 11.8. The number of rotatable bonds is 9. The average Bonchev–Trinajstić information content (AvgIpc) is 2.88. The topological polar surface area (TPSA) is 77.1 Å². The van der Waals surface area contributed by atoms with E-state index in [1.165, 1.54) is 14.2 Å². The predicted molar refractivity (Wildman–Crippen MR) is 138 cm³/mol. The highest BCUT2D eigenvalue weighted by Gasteiger charge is 2.39. The van der Waals surface area contributed by atoms with E-state index in [1.54, 1.807) is 20.8 Å². The third-order valence-corrected chi connectivity index (χ3v) is 5.58. The average molecular weight is 491 g/mol. The third kappa shape index (κ3) is 6.50. The van der Waals surface area contributed by atoms with Crippen LogP contribution in [-0.4, -0.2) is 49.5 Å². The summed E-state index contributed by atoms with van der Waals surface area (Å²) >= 11 is 0. The lowest BCUT2D eigenvalue weighted by Crippen LogP contribution is -2.52. The zero-order chi connectivity index (χ0) is 26.2. The maximum absolute atomic E-state index is 13.2. The number of hydrogen-bond acceptors (Lipinski definition) is 5. The van der Waals surface area contributed by atoms with Crippen molar-refractivity contribution in [2.24, 2.45) is 0 Å². The van der Waals surface area contributed by atoms with Gasteiger partial charge in [0.1, 0.15) is 17.2 Å². The van der Waals surface area contributed by atoms with E-state index in [1.807, 2.05) is 91.0 Å². The molecule has 0 aliphatic carbocycles. The molecule has 0 unspecified atom stereocenters. The van der Waals surface area contributed by atoms with Crippen molar-refractivity contribution < 1.29 is 23.9 Å². The highest BCUT2D eigenvalue weighted by molar-refractivity contribution is 5.85. The van der Waals surface area contributed by atoms with Gasteiger partial charge < -0.3 is 14.8 Å². The molecule has 36 heavy (non-hydrogen) atoms. The van der Waals surface area contributed by atoms with Crippen LogP contribution in [0, 0.1) is 0 Å². The molecule has 2 amide bonds. The van der Waals surface area contributed by atoms with E-state index in [0.29, 0.717) is 0 Å². The van der Waals surface area contributed by atoms with Gasteiger partial charge >= 0.3 is 6.09 Å². The molecule has 0 aromatic heterocycles. The van der Waals surface area contributed by atoms with Gasteiger partial charge in [-0.2, -0.15) is 0 Å². The molecule has 0 fully saturated rings. The normalized spacial score (nSPS) is 12.5. The van der Waals surface area contributed by atoms with Crippen LogP contribution in [-0.2, 0) is 24.7 Å². The van der Waals surface area contributed by atoms with E-state index in [2.05, 4.69) is 5.32 Å². The second kappa shape index (κ2) is 11.8. The SMILES string of the molecule is CON(C)C(=O)[C@H](COC(c1ccccc1)(c1ccccc1)c1ccccc1)NC(=O)OC(C)(C)C. The van der Waals surface area contributed by atoms with Crippen LogP contribution in [0.1, 0.15) is 37.5 Å². The van der Waals surface area contributed by atoms with Gasteiger partial charge in [-0.1, -0.05) is 91.0 Å². The van der Waals surface area contributed by atoms with Crippen LogP contribution in [0.3, 0.4) is 0 Å². The minimum atomic E-state index is -1.07. The van der Waals surface area contributed by atoms with E-state index < -0.39 is 29.2 Å². The molecular weight excluding hydrogens is 456 g/mol. The summed E-state index contributed by atoms with van der Waals surface area (Å²) in [5, 5.41) is 3.71. The molecule has 1 N–H and O–H groups in total. The van der Waals surface area contributed by atoms with Crippen LogP contribution in [0.4, 0.5) is 4.79 Å². The zero-order valence-corrected chi connectivity index (χ0v) is 21.4. The van der Waals surface area contributed by atoms with Crippen LogP contribution in [0.15, 0.2) is 91.0 Å². The number of benzene rings is 3. The van der Waals surface area contributed by atoms with Gasteiger partial charge in [-0.05, 0) is 37.5 Å². The molecule has 3 rings (SSSR count). The molecule has 3 aromatic rings. The number of carbonyl (C=O) groups excluding carboxylic acids is 2. The monoisotopic (exact) mass is 490 g/mol. The van der Waals surface area contributed by atoms with E-state index in [0.717, 1.165) is 21.8 Å². The quantitative estimate of drug-likeness (QED) is 0.341. The molecule has 0 heterocycles. The van der Waals surface area contributed by atoms with Crippen molar-refractivity contribution in [1.82, 2.24) is 10.4 Å². The molecule has 7 heteroatoms. The zero-order valence-electron chi connectivity index (χ0n) is 21.4. The number of hydrogen-bond donors (Lipinski definition) is 1. The van der Waals surface area contributed by atoms with Crippen molar-refractivity contribution in [2.75, 3.05) is 20.8 Å². The Morgan fingerprint density at radius 2 is 1.22 bits per heavy atom. The molecule has 0 saturated heterocycles. The van der Waals surface area contributed by atoms with Gasteiger partial charge in [0.2, 0.25) is 0 Å². The summed E-state index contributed by atoms with van der Waals surface area (Å²) in [5.74, 6) is -0.480. The molecule has 0 aliphatic rings. The fourth-order valence-electron chi connectivity index (χ4n) is 3.91. The van der Waals surface area contributed by atoms with E-state index in [-0.39, 0.29) is 6.61 Å². The van der Waals surface area contributed by atoms with Crippen molar-refractivity contribution in [1.29, 1.82) is 0 Å². The van der Waals surface area contributed by atoms with Gasteiger partial charge in [-0.3, -0.25) is 9.63 Å². The first kappa shape index (κ1) is 26.9. The summed E-state index contributed by atoms with van der Waals surface area (Å²) < 4.78 is 12.1. The Labute approximate surface area is 212 Å². The number of hydroxylamine groups is 2. The van der Waals surface area contributed by atoms with E-state index in [4.69, 9.17) is 14.3 Å². The number of likely N-dealkylation sites (N-methyl/N-ethyl adjacent to an activating group) is 1. The van der Waals surface area contributed by atoms with Crippen molar-refractivity contribution >= 4 is 12.0 Å². The van der Waals surface area contributed by atoms with Gasteiger partial charge in [-0.15, -0.1) is 0 Å². The minimum Gasteiger partial charge on any atom is -0.444 e. The maximum atomic E-state index is 13.2. The lowest BCUT2D eigenvalue weighted by molar-refractivity contribution is -0.173. The second-order valence-corrected chi connectivity index (χ2v) is 9.31. The number of amides is 2. The van der Waals surface area contributed by atoms with Gasteiger partial charge in [0.05, 0.1) is 13.7 Å². The molecule has 3 aromatic carbocycles. The van der Waals surface area contributed by atoms with Crippen molar-refractivity contribution in [3.8, 4) is 0 Å². The molecule has 0 bridgehead atoms. The van der Waals surface area contributed by atoms with E-state index >= 15 is 0 Å². The third-order valence-electron chi connectivity index (χ3n) is 5.58. The number of carbonyl (C=O) groups is 2. The second-order valence-electron chi connectivity index (χ2n) is 9.31. The highest BCUT2D eigenvalue weighted by Crippen LogP contribution is 2.40. The predicted octanol–water partition coefficient (Wildman–Crippen LogP) is 4.91. The smallest absolute Gasteiger partial charge is 0.408 e. The molecule has 0 saturated carbocycles. The Kier molecular flexibility index (Phi) is 8.85. The van der Waals surface area contributed by atoms with Gasteiger partial charge in [0, 0.05) is 7.05 Å². The summed E-state index contributed by atoms with van der Waals surface area (Å²) in [6, 6.07) is 28.3. The standard InChI is InChI=1S/C29H34N2O5/c1-28(2,3)36-27(33)30-25(26(32)31(4)34-5)21-35-29(22-15-9-6-10-16-22,23-17-11-7-12-18-23)24-19-13-8-14-20-24/h6-20,25H,21H2,1-5H3,(H,30,33)/t25-/m0/s1. The first-order chi connectivity index (χ1) is 17.2. The minimum absolute atomic E-state index is 0.148. The molecule has 7 nitrogen and oxygen atoms in total. The lowest BCUT2D eigenvalue weighted by Gasteiger charge is -2.37. The van der Waals surface area contributed by atoms with Gasteiger partial charge in [-0.25, -0.2) is 9.86 Å². The Morgan fingerprint density at radius 1 is 0.806 bits per heavy atom. The van der Waals surface area contributed by atoms with Gasteiger partial charge in [0.15, 0.2) is 0 Å². The van der Waals surface area contributed by atoms with Crippen LogP contribution >= 0.6 is 0 Å². The van der Waals surface area contributed by atoms with E-state index in [9.17, 15) is 9.59 Å². The largest absolute Gasteiger partial charge is 0.444 e. The Balaban J connectivity index is 2.07. The Bertz CT molecular complexity index is 1020. The van der Waals surface area contributed by atoms with Gasteiger partial charge in [0.25, 0.3) is 5.91 Å². The molecule has 190 valence electrons. The Hall–Kier alpha value is -3.68. The summed E-state index contributed by atoms with van der Waals surface area (Å²) in [5.41, 5.74) is 0.861.